The highest BCUT2D eigenvalue weighted by Gasteiger charge is 2.68. The van der Waals surface area contributed by atoms with E-state index in [4.69, 9.17) is 14.2 Å². The first kappa shape index (κ1) is 16.7. The minimum absolute atomic E-state index is 0.0134. The highest BCUT2D eigenvalue weighted by molar-refractivity contribution is 5.82. The summed E-state index contributed by atoms with van der Waals surface area (Å²) in [6, 6.07) is 0. The summed E-state index contributed by atoms with van der Waals surface area (Å²) in [6.07, 6.45) is 7.94. The van der Waals surface area contributed by atoms with Crippen molar-refractivity contribution in [2.45, 2.75) is 70.7 Å². The molecule has 1 spiro atoms. The largest absolute Gasteiger partial charge is 0.463 e. The van der Waals surface area contributed by atoms with Crippen molar-refractivity contribution in [1.29, 1.82) is 0 Å². The molecule has 1 saturated carbocycles. The maximum Gasteiger partial charge on any atom is 0.330 e. The van der Waals surface area contributed by atoms with Gasteiger partial charge in [-0.05, 0) is 53.4 Å². The SMILES string of the molecule is CCOC(=O)/C=C1/CCC2(CO2)C(C2(C)O[C@@H]2CC=C(C)C)C1. The van der Waals surface area contributed by atoms with Crippen LogP contribution in [0.1, 0.15) is 53.4 Å². The predicted molar refractivity (Wildman–Crippen MR) is 88.1 cm³/mol. The molecule has 3 fully saturated rings. The average Bonchev–Trinajstić information content (AvgIpc) is 3.38. The average molecular weight is 320 g/mol. The van der Waals surface area contributed by atoms with E-state index >= 15 is 0 Å². The molecule has 0 radical (unpaired) electrons. The molecule has 128 valence electrons. The smallest absolute Gasteiger partial charge is 0.330 e. The molecule has 0 aromatic heterocycles. The second kappa shape index (κ2) is 6.06. The van der Waals surface area contributed by atoms with Crippen molar-refractivity contribution < 1.29 is 19.0 Å². The lowest BCUT2D eigenvalue weighted by Crippen LogP contribution is -2.40. The lowest BCUT2D eigenvalue weighted by Gasteiger charge is -2.34. The van der Waals surface area contributed by atoms with Gasteiger partial charge < -0.3 is 14.2 Å². The lowest BCUT2D eigenvalue weighted by molar-refractivity contribution is -0.137. The normalized spacial score (nSPS) is 40.1. The Bertz CT molecular complexity index is 540. The van der Waals surface area contributed by atoms with E-state index in [2.05, 4.69) is 26.8 Å². The van der Waals surface area contributed by atoms with Crippen LogP contribution < -0.4 is 0 Å². The summed E-state index contributed by atoms with van der Waals surface area (Å²) in [5, 5.41) is 0. The fraction of sp³-hybridized carbons (Fsp3) is 0.737. The molecule has 2 heterocycles. The molecule has 4 heteroatoms. The van der Waals surface area contributed by atoms with Gasteiger partial charge in [-0.2, -0.15) is 0 Å². The Morgan fingerprint density at radius 1 is 1.43 bits per heavy atom. The molecule has 4 atom stereocenters. The van der Waals surface area contributed by atoms with E-state index in [9.17, 15) is 4.79 Å². The van der Waals surface area contributed by atoms with Gasteiger partial charge in [0.2, 0.25) is 0 Å². The monoisotopic (exact) mass is 320 g/mol. The Morgan fingerprint density at radius 2 is 2.17 bits per heavy atom. The van der Waals surface area contributed by atoms with Crippen LogP contribution in [0.5, 0.6) is 0 Å². The minimum Gasteiger partial charge on any atom is -0.463 e. The van der Waals surface area contributed by atoms with Gasteiger partial charge in [-0.25, -0.2) is 4.79 Å². The van der Waals surface area contributed by atoms with Crippen molar-refractivity contribution in [3.8, 4) is 0 Å². The van der Waals surface area contributed by atoms with E-state index in [1.54, 1.807) is 6.08 Å². The van der Waals surface area contributed by atoms with Gasteiger partial charge in [0.15, 0.2) is 0 Å². The highest BCUT2D eigenvalue weighted by atomic mass is 16.6. The molecule has 23 heavy (non-hydrogen) atoms. The molecule has 3 unspecified atom stereocenters. The second-order valence-corrected chi connectivity index (χ2v) is 7.47. The van der Waals surface area contributed by atoms with E-state index in [1.807, 2.05) is 6.92 Å². The summed E-state index contributed by atoms with van der Waals surface area (Å²) in [4.78, 5) is 11.7. The first-order valence-corrected chi connectivity index (χ1v) is 8.71. The number of carbonyl (C=O) groups is 1. The van der Waals surface area contributed by atoms with E-state index in [-0.39, 0.29) is 23.3 Å². The number of hydrogen-bond acceptors (Lipinski definition) is 4. The third-order valence-corrected chi connectivity index (χ3v) is 5.50. The third-order valence-electron chi connectivity index (χ3n) is 5.50. The molecular weight excluding hydrogens is 292 g/mol. The van der Waals surface area contributed by atoms with Crippen molar-refractivity contribution in [2.75, 3.05) is 13.2 Å². The maximum atomic E-state index is 11.7. The summed E-state index contributed by atoms with van der Waals surface area (Å²) in [6.45, 7) is 9.53. The standard InChI is InChI=1S/C19H28O4/c1-5-21-17(20)11-14-8-9-19(12-22-19)15(10-14)18(4)16(23-18)7-6-13(2)3/h6,11,15-16H,5,7-10,12H2,1-4H3/b14-11-/t15?,16-,18?,19?/m1/s1. The van der Waals surface area contributed by atoms with Crippen molar-refractivity contribution in [3.05, 3.63) is 23.3 Å². The summed E-state index contributed by atoms with van der Waals surface area (Å²) in [5.74, 6) is 0.108. The number of hydrogen-bond donors (Lipinski definition) is 0. The molecule has 0 N–H and O–H groups in total. The first-order chi connectivity index (χ1) is 10.9. The van der Waals surface area contributed by atoms with Crippen molar-refractivity contribution >= 4 is 5.97 Å². The first-order valence-electron chi connectivity index (χ1n) is 8.71. The van der Waals surface area contributed by atoms with Crippen molar-refractivity contribution in [2.24, 2.45) is 5.92 Å². The summed E-state index contributed by atoms with van der Waals surface area (Å²) >= 11 is 0. The minimum atomic E-state index is -0.225. The Labute approximate surface area is 138 Å². The number of rotatable bonds is 5. The molecule has 3 aliphatic rings. The fourth-order valence-electron chi connectivity index (χ4n) is 3.95. The highest BCUT2D eigenvalue weighted by Crippen LogP contribution is 2.59. The van der Waals surface area contributed by atoms with Gasteiger partial charge >= 0.3 is 5.97 Å². The quantitative estimate of drug-likeness (QED) is 0.336. The van der Waals surface area contributed by atoms with Gasteiger partial charge in [0.1, 0.15) is 0 Å². The molecule has 4 nitrogen and oxygen atoms in total. The number of carbonyl (C=O) groups excluding carboxylic acids is 1. The topological polar surface area (TPSA) is 51.4 Å². The number of epoxide rings is 2. The number of allylic oxidation sites excluding steroid dienone is 2. The van der Waals surface area contributed by atoms with Gasteiger partial charge in [0.25, 0.3) is 0 Å². The van der Waals surface area contributed by atoms with E-state index in [1.165, 1.54) is 11.1 Å². The van der Waals surface area contributed by atoms with Crippen LogP contribution in [0.25, 0.3) is 0 Å². The summed E-state index contributed by atoms with van der Waals surface area (Å²) < 4.78 is 17.0. The van der Waals surface area contributed by atoms with Gasteiger partial charge in [0, 0.05) is 12.0 Å². The van der Waals surface area contributed by atoms with Crippen LogP contribution in [0, 0.1) is 5.92 Å². The van der Waals surface area contributed by atoms with E-state index in [0.29, 0.717) is 12.5 Å². The van der Waals surface area contributed by atoms with Crippen LogP contribution in [0.15, 0.2) is 23.3 Å². The van der Waals surface area contributed by atoms with E-state index in [0.717, 1.165) is 32.3 Å². The Hall–Kier alpha value is -1.13. The van der Waals surface area contributed by atoms with E-state index < -0.39 is 0 Å². The summed E-state index contributed by atoms with van der Waals surface area (Å²) in [7, 11) is 0. The Kier molecular flexibility index (Phi) is 4.41. The zero-order valence-corrected chi connectivity index (χ0v) is 14.7. The van der Waals surface area contributed by atoms with Crippen molar-refractivity contribution in [1.82, 2.24) is 0 Å². The van der Waals surface area contributed by atoms with Gasteiger partial charge in [0.05, 0.1) is 30.5 Å². The van der Waals surface area contributed by atoms with Crippen LogP contribution in [-0.4, -0.2) is 36.5 Å². The molecule has 2 saturated heterocycles. The zero-order valence-electron chi connectivity index (χ0n) is 14.7. The molecule has 1 aliphatic carbocycles. The number of esters is 1. The predicted octanol–water partition coefficient (Wildman–Crippen LogP) is 3.56. The summed E-state index contributed by atoms with van der Waals surface area (Å²) in [5.41, 5.74) is 2.36. The lowest BCUT2D eigenvalue weighted by atomic mass is 9.69. The Morgan fingerprint density at radius 3 is 2.78 bits per heavy atom. The van der Waals surface area contributed by atoms with Gasteiger partial charge in [-0.3, -0.25) is 0 Å². The van der Waals surface area contributed by atoms with Crippen molar-refractivity contribution in [3.63, 3.8) is 0 Å². The molecule has 0 amide bonds. The van der Waals surface area contributed by atoms with Gasteiger partial charge in [-0.15, -0.1) is 0 Å². The zero-order chi connectivity index (χ0) is 16.7. The fourth-order valence-corrected chi connectivity index (χ4v) is 3.95. The number of ether oxygens (including phenoxy) is 3. The second-order valence-electron chi connectivity index (χ2n) is 7.47. The van der Waals surface area contributed by atoms with Crippen LogP contribution in [0.4, 0.5) is 0 Å². The van der Waals surface area contributed by atoms with Crippen LogP contribution in [0.2, 0.25) is 0 Å². The van der Waals surface area contributed by atoms with Crippen LogP contribution in [0.3, 0.4) is 0 Å². The molecule has 2 aliphatic heterocycles. The molecule has 0 bridgehead atoms. The molecule has 0 aromatic rings. The molecule has 0 aromatic carbocycles. The van der Waals surface area contributed by atoms with Gasteiger partial charge in [-0.1, -0.05) is 17.2 Å². The molecule has 3 rings (SSSR count). The molecular formula is C19H28O4. The maximum absolute atomic E-state index is 11.7. The third kappa shape index (κ3) is 3.38. The van der Waals surface area contributed by atoms with Crippen LogP contribution >= 0.6 is 0 Å². The van der Waals surface area contributed by atoms with Crippen LogP contribution in [-0.2, 0) is 19.0 Å². The Balaban J connectivity index is 1.70.